The third-order valence-corrected chi connectivity index (χ3v) is 13.2. The van der Waals surface area contributed by atoms with Crippen LogP contribution in [-0.4, -0.2) is 37.2 Å². The van der Waals surface area contributed by atoms with Gasteiger partial charge in [0, 0.05) is 19.3 Å². The first-order chi connectivity index (χ1) is 35.0. The molecule has 0 bridgehead atoms. The second-order valence-electron chi connectivity index (χ2n) is 20.2. The van der Waals surface area contributed by atoms with Gasteiger partial charge in [0.2, 0.25) is 0 Å². The first kappa shape index (κ1) is 67.8. The monoisotopic (exact) mass is 991 g/mol. The lowest BCUT2D eigenvalue weighted by Crippen LogP contribution is -2.30. The highest BCUT2D eigenvalue weighted by molar-refractivity contribution is 5.71. The van der Waals surface area contributed by atoms with Crippen LogP contribution >= 0.6 is 0 Å². The molecule has 0 saturated heterocycles. The van der Waals surface area contributed by atoms with Crippen molar-refractivity contribution < 1.29 is 28.6 Å². The Hall–Kier alpha value is -3.15. The minimum absolute atomic E-state index is 0.0813. The number of carbonyl (C=O) groups excluding carboxylic acids is 3. The molecule has 0 heterocycles. The molecule has 0 aromatic heterocycles. The average molecular weight is 992 g/mol. The zero-order chi connectivity index (χ0) is 51.4. The van der Waals surface area contributed by atoms with Crippen LogP contribution in [0.1, 0.15) is 303 Å². The topological polar surface area (TPSA) is 78.9 Å². The van der Waals surface area contributed by atoms with E-state index in [0.29, 0.717) is 19.3 Å². The van der Waals surface area contributed by atoms with Crippen LogP contribution in [0.25, 0.3) is 0 Å². The van der Waals surface area contributed by atoms with Crippen LogP contribution in [0.15, 0.2) is 72.9 Å². The molecule has 0 spiro atoms. The van der Waals surface area contributed by atoms with Crippen LogP contribution in [-0.2, 0) is 28.6 Å². The minimum Gasteiger partial charge on any atom is -0.462 e. The molecule has 1 unspecified atom stereocenters. The van der Waals surface area contributed by atoms with Crippen molar-refractivity contribution in [3.8, 4) is 0 Å². The largest absolute Gasteiger partial charge is 0.462 e. The van der Waals surface area contributed by atoms with E-state index in [1.165, 1.54) is 167 Å². The normalized spacial score (nSPS) is 12.5. The molecule has 71 heavy (non-hydrogen) atoms. The summed E-state index contributed by atoms with van der Waals surface area (Å²) in [4.78, 5) is 38.2. The Morgan fingerprint density at radius 3 is 0.915 bits per heavy atom. The first-order valence-electron chi connectivity index (χ1n) is 30.4. The molecule has 0 aromatic rings. The molecular weight excluding hydrogens is 877 g/mol. The standard InChI is InChI=1S/C65H114O6/c1-4-7-10-13-16-19-22-24-26-28-29-30-31-32-33-34-35-37-38-40-43-46-49-52-55-58-64(67)70-61-62(60-69-63(66)57-54-51-48-45-42-21-18-15-12-9-6-3)71-65(68)59-56-53-50-47-44-41-39-36-27-25-23-20-17-14-11-8-5-2/h8,11,15,17-18,20,22,24-25,27-29,62H,4-7,9-10,12-14,16,19,21,23,26,30-61H2,1-3H3/b11-8-,18-15-,20-17-,24-22-,27-25-,29-28-. The number of rotatable bonds is 55. The molecule has 0 rings (SSSR count). The Morgan fingerprint density at radius 2 is 0.563 bits per heavy atom. The fraction of sp³-hybridized carbons (Fsp3) is 0.769. The zero-order valence-electron chi connectivity index (χ0n) is 47.0. The molecule has 0 amide bonds. The molecule has 0 aliphatic heterocycles. The van der Waals surface area contributed by atoms with Gasteiger partial charge in [-0.3, -0.25) is 14.4 Å². The quantitative estimate of drug-likeness (QED) is 0.0261. The second kappa shape index (κ2) is 59.4. The van der Waals surface area contributed by atoms with Gasteiger partial charge in [0.15, 0.2) is 6.10 Å². The number of hydrogen-bond donors (Lipinski definition) is 0. The Balaban J connectivity index is 4.26. The van der Waals surface area contributed by atoms with E-state index in [2.05, 4.69) is 93.7 Å². The van der Waals surface area contributed by atoms with Crippen molar-refractivity contribution >= 4 is 17.9 Å². The Bertz CT molecular complexity index is 1320. The predicted molar refractivity (Wildman–Crippen MR) is 307 cm³/mol. The van der Waals surface area contributed by atoms with E-state index in [1.54, 1.807) is 0 Å². The Kier molecular flexibility index (Phi) is 56.8. The fourth-order valence-corrected chi connectivity index (χ4v) is 8.59. The van der Waals surface area contributed by atoms with Gasteiger partial charge in [0.25, 0.3) is 0 Å². The summed E-state index contributed by atoms with van der Waals surface area (Å²) in [5.41, 5.74) is 0. The van der Waals surface area contributed by atoms with E-state index < -0.39 is 6.10 Å². The molecule has 0 aromatic carbocycles. The molecule has 0 aliphatic carbocycles. The molecule has 0 radical (unpaired) electrons. The summed E-state index contributed by atoms with van der Waals surface area (Å²) in [7, 11) is 0. The molecule has 0 fully saturated rings. The summed E-state index contributed by atoms with van der Waals surface area (Å²) in [6.07, 6.45) is 76.2. The molecule has 6 nitrogen and oxygen atoms in total. The van der Waals surface area contributed by atoms with Gasteiger partial charge in [-0.1, -0.05) is 254 Å². The highest BCUT2D eigenvalue weighted by Gasteiger charge is 2.19. The summed E-state index contributed by atoms with van der Waals surface area (Å²) in [6, 6.07) is 0. The van der Waals surface area contributed by atoms with E-state index >= 15 is 0 Å². The van der Waals surface area contributed by atoms with Crippen LogP contribution in [0.4, 0.5) is 0 Å². The van der Waals surface area contributed by atoms with Gasteiger partial charge < -0.3 is 14.2 Å². The number of ether oxygens (including phenoxy) is 3. The van der Waals surface area contributed by atoms with E-state index in [4.69, 9.17) is 14.2 Å². The summed E-state index contributed by atoms with van der Waals surface area (Å²) in [5.74, 6) is -0.892. The van der Waals surface area contributed by atoms with Crippen LogP contribution in [0.3, 0.4) is 0 Å². The maximum atomic E-state index is 12.9. The number of allylic oxidation sites excluding steroid dienone is 12. The summed E-state index contributed by atoms with van der Waals surface area (Å²) in [6.45, 7) is 6.49. The number of esters is 3. The maximum Gasteiger partial charge on any atom is 0.306 e. The second-order valence-corrected chi connectivity index (χ2v) is 20.2. The van der Waals surface area contributed by atoms with Crippen molar-refractivity contribution in [1.29, 1.82) is 0 Å². The number of carbonyl (C=O) groups is 3. The van der Waals surface area contributed by atoms with Crippen molar-refractivity contribution in [1.82, 2.24) is 0 Å². The van der Waals surface area contributed by atoms with Crippen LogP contribution < -0.4 is 0 Å². The van der Waals surface area contributed by atoms with E-state index in [1.807, 2.05) is 0 Å². The summed E-state index contributed by atoms with van der Waals surface area (Å²) >= 11 is 0. The van der Waals surface area contributed by atoms with Crippen molar-refractivity contribution in [3.05, 3.63) is 72.9 Å². The van der Waals surface area contributed by atoms with Gasteiger partial charge in [-0.25, -0.2) is 0 Å². The third kappa shape index (κ3) is 57.6. The fourth-order valence-electron chi connectivity index (χ4n) is 8.59. The van der Waals surface area contributed by atoms with Crippen molar-refractivity contribution in [3.63, 3.8) is 0 Å². The number of unbranched alkanes of at least 4 members (excludes halogenated alkanes) is 32. The smallest absolute Gasteiger partial charge is 0.306 e. The Labute approximate surface area is 440 Å². The lowest BCUT2D eigenvalue weighted by Gasteiger charge is -2.18. The lowest BCUT2D eigenvalue weighted by molar-refractivity contribution is -0.167. The molecule has 0 N–H and O–H groups in total. The van der Waals surface area contributed by atoms with Crippen molar-refractivity contribution in [2.24, 2.45) is 0 Å². The molecule has 0 aliphatic rings. The highest BCUT2D eigenvalue weighted by atomic mass is 16.6. The van der Waals surface area contributed by atoms with Gasteiger partial charge in [-0.05, 0) is 103 Å². The van der Waals surface area contributed by atoms with Crippen molar-refractivity contribution in [2.45, 2.75) is 309 Å². The summed E-state index contributed by atoms with van der Waals surface area (Å²) in [5, 5.41) is 0. The number of hydrogen-bond acceptors (Lipinski definition) is 6. The third-order valence-electron chi connectivity index (χ3n) is 13.2. The van der Waals surface area contributed by atoms with Gasteiger partial charge in [-0.15, -0.1) is 0 Å². The molecule has 410 valence electrons. The van der Waals surface area contributed by atoms with Gasteiger partial charge >= 0.3 is 17.9 Å². The summed E-state index contributed by atoms with van der Waals surface area (Å²) < 4.78 is 16.9. The lowest BCUT2D eigenvalue weighted by atomic mass is 10.0. The zero-order valence-corrected chi connectivity index (χ0v) is 47.0. The molecule has 1 atom stereocenters. The van der Waals surface area contributed by atoms with Gasteiger partial charge in [0.1, 0.15) is 13.2 Å². The first-order valence-corrected chi connectivity index (χ1v) is 30.4. The van der Waals surface area contributed by atoms with Crippen LogP contribution in [0.5, 0.6) is 0 Å². The molecule has 0 saturated carbocycles. The van der Waals surface area contributed by atoms with E-state index in [9.17, 15) is 14.4 Å². The SMILES string of the molecule is CC/C=C\C/C=C\C/C=C\CCCCCCCCCC(=O)OC(COC(=O)CCCCCCC/C=C\CCCC)COC(=O)CCCCCCCCCCCCCCC/C=C\C/C=C\CCCCCCC. The molecular formula is C65H114O6. The van der Waals surface area contributed by atoms with E-state index in [0.717, 1.165) is 96.3 Å². The minimum atomic E-state index is -0.784. The van der Waals surface area contributed by atoms with Crippen molar-refractivity contribution in [2.75, 3.05) is 13.2 Å². The van der Waals surface area contributed by atoms with Crippen LogP contribution in [0.2, 0.25) is 0 Å². The maximum absolute atomic E-state index is 12.9. The predicted octanol–water partition coefficient (Wildman–Crippen LogP) is 20.5. The van der Waals surface area contributed by atoms with Gasteiger partial charge in [0.05, 0.1) is 0 Å². The van der Waals surface area contributed by atoms with Crippen LogP contribution in [0, 0.1) is 0 Å². The highest BCUT2D eigenvalue weighted by Crippen LogP contribution is 2.16. The average Bonchev–Trinajstić information content (AvgIpc) is 3.37. The van der Waals surface area contributed by atoms with E-state index in [-0.39, 0.29) is 31.1 Å². The molecule has 6 heteroatoms. The Morgan fingerprint density at radius 1 is 0.296 bits per heavy atom. The van der Waals surface area contributed by atoms with Gasteiger partial charge in [-0.2, -0.15) is 0 Å².